The van der Waals surface area contributed by atoms with Crippen molar-refractivity contribution in [3.8, 4) is 0 Å². The van der Waals surface area contributed by atoms with Gasteiger partial charge in [0.2, 0.25) is 0 Å². The highest BCUT2D eigenvalue weighted by Crippen LogP contribution is 2.14. The van der Waals surface area contributed by atoms with Crippen LogP contribution in [0.15, 0.2) is 35.6 Å². The van der Waals surface area contributed by atoms with E-state index in [1.54, 1.807) is 12.1 Å². The average Bonchev–Trinajstić information content (AvgIpc) is 2.07. The van der Waals surface area contributed by atoms with Crippen molar-refractivity contribution in [2.75, 3.05) is 5.01 Å². The molecule has 5 heteroatoms. The van der Waals surface area contributed by atoms with Gasteiger partial charge in [-0.05, 0) is 12.1 Å². The lowest BCUT2D eigenvalue weighted by molar-refractivity contribution is 0.949. The van der Waals surface area contributed by atoms with Gasteiger partial charge < -0.3 is 0 Å². The SMILES string of the molecule is N=NN(C(=N)S)c1ccccc1. The maximum absolute atomic E-state index is 7.17. The first-order chi connectivity index (χ1) is 5.75. The third-order valence-corrected chi connectivity index (χ3v) is 1.49. The highest BCUT2D eigenvalue weighted by molar-refractivity contribution is 7.97. The van der Waals surface area contributed by atoms with Crippen LogP contribution >= 0.6 is 12.6 Å². The number of hydrogen-bond donors (Lipinski definition) is 3. The van der Waals surface area contributed by atoms with Crippen molar-refractivity contribution in [2.24, 2.45) is 5.22 Å². The highest BCUT2D eigenvalue weighted by atomic mass is 32.1. The Morgan fingerprint density at radius 2 is 1.92 bits per heavy atom. The number of rotatable bonds is 2. The van der Waals surface area contributed by atoms with Gasteiger partial charge in [0, 0.05) is 0 Å². The second-order valence-corrected chi connectivity index (χ2v) is 2.49. The van der Waals surface area contributed by atoms with Crippen LogP contribution in [0.25, 0.3) is 0 Å². The molecule has 1 aromatic carbocycles. The van der Waals surface area contributed by atoms with Crippen LogP contribution in [0.1, 0.15) is 0 Å². The van der Waals surface area contributed by atoms with Gasteiger partial charge >= 0.3 is 0 Å². The minimum atomic E-state index is -0.0730. The van der Waals surface area contributed by atoms with Crippen LogP contribution in [-0.4, -0.2) is 5.17 Å². The fourth-order valence-electron chi connectivity index (χ4n) is 0.797. The topological polar surface area (TPSA) is 63.3 Å². The molecule has 0 aliphatic heterocycles. The first-order valence-corrected chi connectivity index (χ1v) is 3.70. The first kappa shape index (κ1) is 8.73. The molecule has 0 radical (unpaired) electrons. The van der Waals surface area contributed by atoms with Crippen LogP contribution in [0.4, 0.5) is 5.69 Å². The number of amidine groups is 1. The summed E-state index contributed by atoms with van der Waals surface area (Å²) in [7, 11) is 0. The Morgan fingerprint density at radius 3 is 2.33 bits per heavy atom. The van der Waals surface area contributed by atoms with E-state index in [9.17, 15) is 0 Å². The molecular formula is C7H8N4S. The number of hydrogen-bond acceptors (Lipinski definition) is 3. The molecule has 0 heterocycles. The van der Waals surface area contributed by atoms with E-state index < -0.39 is 0 Å². The fraction of sp³-hybridized carbons (Fsp3) is 0. The first-order valence-electron chi connectivity index (χ1n) is 3.26. The van der Waals surface area contributed by atoms with Gasteiger partial charge in [-0.2, -0.15) is 10.5 Å². The van der Waals surface area contributed by atoms with Gasteiger partial charge in [0.1, 0.15) is 0 Å². The standard InChI is InChI=1S/C7H8N4S/c8-7(12)11(10-9)6-4-2-1-3-5-6/h1-5,9H,(H2,8,12). The lowest BCUT2D eigenvalue weighted by Crippen LogP contribution is -2.18. The minimum Gasteiger partial charge on any atom is -0.277 e. The number of nitrogens with one attached hydrogen (secondary N) is 2. The van der Waals surface area contributed by atoms with E-state index in [0.717, 1.165) is 5.01 Å². The molecule has 0 amide bonds. The van der Waals surface area contributed by atoms with Gasteiger partial charge in [0.15, 0.2) is 5.17 Å². The summed E-state index contributed by atoms with van der Waals surface area (Å²) in [6.45, 7) is 0. The van der Waals surface area contributed by atoms with Crippen LogP contribution in [0.5, 0.6) is 0 Å². The molecule has 4 nitrogen and oxygen atoms in total. The van der Waals surface area contributed by atoms with Gasteiger partial charge in [-0.25, -0.2) is 0 Å². The molecule has 0 unspecified atom stereocenters. The van der Waals surface area contributed by atoms with Crippen LogP contribution in [-0.2, 0) is 0 Å². The Labute approximate surface area is 75.6 Å². The summed E-state index contributed by atoms with van der Waals surface area (Å²) >= 11 is 3.78. The van der Waals surface area contributed by atoms with Crippen molar-refractivity contribution >= 4 is 23.5 Å². The summed E-state index contributed by atoms with van der Waals surface area (Å²) in [6.07, 6.45) is 0. The molecule has 0 saturated heterocycles. The molecule has 0 saturated carbocycles. The Hall–Kier alpha value is -1.36. The van der Waals surface area contributed by atoms with Gasteiger partial charge in [-0.15, -0.1) is 12.6 Å². The third kappa shape index (κ3) is 1.82. The van der Waals surface area contributed by atoms with Crippen molar-refractivity contribution in [3.63, 3.8) is 0 Å². The number of nitrogens with zero attached hydrogens (tertiary/aromatic N) is 2. The molecule has 2 N–H and O–H groups in total. The molecule has 0 atom stereocenters. The molecular weight excluding hydrogens is 172 g/mol. The van der Waals surface area contributed by atoms with Crippen LogP contribution in [0.3, 0.4) is 0 Å². The summed E-state index contributed by atoms with van der Waals surface area (Å²) in [6, 6.07) is 8.98. The lowest BCUT2D eigenvalue weighted by Gasteiger charge is -2.12. The van der Waals surface area contributed by atoms with E-state index in [-0.39, 0.29) is 5.17 Å². The summed E-state index contributed by atoms with van der Waals surface area (Å²) in [5.74, 6) is 0. The van der Waals surface area contributed by atoms with Crippen LogP contribution in [0, 0.1) is 10.9 Å². The summed E-state index contributed by atoms with van der Waals surface area (Å²) in [5.41, 5.74) is 7.45. The highest BCUT2D eigenvalue weighted by Gasteiger charge is 2.05. The van der Waals surface area contributed by atoms with Gasteiger partial charge in [-0.3, -0.25) is 5.41 Å². The molecule has 0 bridgehead atoms. The molecule has 62 valence electrons. The monoisotopic (exact) mass is 180 g/mol. The molecule has 0 aliphatic rings. The number of thiol groups is 1. The second-order valence-electron chi connectivity index (χ2n) is 2.07. The van der Waals surface area contributed by atoms with E-state index in [2.05, 4.69) is 17.9 Å². The summed E-state index contributed by atoms with van der Waals surface area (Å²) < 4.78 is 0. The molecule has 0 aliphatic carbocycles. The normalized spacial score (nSPS) is 9.08. The summed E-state index contributed by atoms with van der Waals surface area (Å²) in [4.78, 5) is 0. The minimum absolute atomic E-state index is 0.0730. The van der Waals surface area contributed by atoms with E-state index >= 15 is 0 Å². The van der Waals surface area contributed by atoms with Crippen molar-refractivity contribution in [3.05, 3.63) is 30.3 Å². The molecule has 0 spiro atoms. The quantitative estimate of drug-likeness (QED) is 0.211. The smallest absolute Gasteiger partial charge is 0.180 e. The van der Waals surface area contributed by atoms with Crippen LogP contribution in [0.2, 0.25) is 0 Å². The zero-order valence-corrected chi connectivity index (χ0v) is 7.12. The number of benzene rings is 1. The van der Waals surface area contributed by atoms with E-state index in [0.29, 0.717) is 5.69 Å². The van der Waals surface area contributed by atoms with Crippen molar-refractivity contribution < 1.29 is 0 Å². The largest absolute Gasteiger partial charge is 0.277 e. The van der Waals surface area contributed by atoms with E-state index in [4.69, 9.17) is 10.9 Å². The Balaban J connectivity index is 2.95. The number of anilines is 1. The maximum atomic E-state index is 7.17. The van der Waals surface area contributed by atoms with Crippen molar-refractivity contribution in [1.29, 1.82) is 10.9 Å². The second kappa shape index (κ2) is 3.87. The molecule has 1 aromatic rings. The third-order valence-electron chi connectivity index (χ3n) is 1.30. The zero-order valence-electron chi connectivity index (χ0n) is 6.23. The van der Waals surface area contributed by atoms with Crippen LogP contribution < -0.4 is 5.01 Å². The van der Waals surface area contributed by atoms with Gasteiger partial charge in [0.05, 0.1) is 5.69 Å². The average molecular weight is 180 g/mol. The molecule has 1 rings (SSSR count). The van der Waals surface area contributed by atoms with E-state index in [1.165, 1.54) is 0 Å². The van der Waals surface area contributed by atoms with Gasteiger partial charge in [0.25, 0.3) is 0 Å². The zero-order chi connectivity index (χ0) is 8.97. The van der Waals surface area contributed by atoms with Gasteiger partial charge in [-0.1, -0.05) is 23.4 Å². The van der Waals surface area contributed by atoms with Crippen molar-refractivity contribution in [2.45, 2.75) is 0 Å². The predicted molar refractivity (Wildman–Crippen MR) is 50.8 cm³/mol. The molecule has 0 fully saturated rings. The fourth-order valence-corrected chi connectivity index (χ4v) is 0.957. The molecule has 12 heavy (non-hydrogen) atoms. The lowest BCUT2D eigenvalue weighted by atomic mass is 10.3. The maximum Gasteiger partial charge on any atom is 0.180 e. The Bertz CT molecular complexity index is 285. The van der Waals surface area contributed by atoms with E-state index in [1.807, 2.05) is 18.2 Å². The Morgan fingerprint density at radius 1 is 1.33 bits per heavy atom. The molecule has 0 aromatic heterocycles. The summed E-state index contributed by atoms with van der Waals surface area (Å²) in [5, 5.41) is 11.3. The predicted octanol–water partition coefficient (Wildman–Crippen LogP) is 2.30. The Kier molecular flexibility index (Phi) is 2.82. The van der Waals surface area contributed by atoms with Crippen molar-refractivity contribution in [1.82, 2.24) is 0 Å². The number of para-hydroxylation sites is 1.